The summed E-state index contributed by atoms with van der Waals surface area (Å²) in [5.74, 6) is -0.401. The Morgan fingerprint density at radius 3 is 2.27 bits per heavy atom. The number of halogens is 2. The molecule has 110 valence electrons. The Hall–Kier alpha value is -2.03. The van der Waals surface area contributed by atoms with Gasteiger partial charge in [0.05, 0.1) is 5.56 Å². The summed E-state index contributed by atoms with van der Waals surface area (Å²) in [4.78, 5) is 12.2. The molecule has 0 saturated heterocycles. The highest BCUT2D eigenvalue weighted by Gasteiger charge is 2.11. The third kappa shape index (κ3) is 3.08. The summed E-state index contributed by atoms with van der Waals surface area (Å²) in [6, 6.07) is 18.5. The number of hydrogen-bond donors (Lipinski definition) is 0. The van der Waals surface area contributed by atoms with Crippen LogP contribution in [0.25, 0.3) is 10.8 Å². The summed E-state index contributed by atoms with van der Waals surface area (Å²) >= 11 is 12.1. The molecule has 0 aliphatic carbocycles. The van der Waals surface area contributed by atoms with Crippen LogP contribution in [0.1, 0.15) is 15.9 Å². The fourth-order valence-electron chi connectivity index (χ4n) is 2.21. The van der Waals surface area contributed by atoms with Gasteiger partial charge in [-0.05, 0) is 35.0 Å². The van der Waals surface area contributed by atoms with Crippen molar-refractivity contribution in [2.45, 2.75) is 6.61 Å². The molecule has 0 aliphatic heterocycles. The Bertz CT molecular complexity index is 823. The fraction of sp³-hybridized carbons (Fsp3) is 0.0556. The third-order valence-electron chi connectivity index (χ3n) is 3.39. The summed E-state index contributed by atoms with van der Waals surface area (Å²) in [6.07, 6.45) is 0. The van der Waals surface area contributed by atoms with Crippen LogP contribution in [-0.4, -0.2) is 5.97 Å². The Morgan fingerprint density at radius 1 is 0.864 bits per heavy atom. The molecule has 0 unspecified atom stereocenters. The van der Waals surface area contributed by atoms with Crippen molar-refractivity contribution in [3.63, 3.8) is 0 Å². The Morgan fingerprint density at radius 2 is 1.55 bits per heavy atom. The molecule has 3 aromatic rings. The molecule has 0 amide bonds. The van der Waals surface area contributed by atoms with Crippen molar-refractivity contribution >= 4 is 39.9 Å². The number of rotatable bonds is 3. The van der Waals surface area contributed by atoms with E-state index in [0.717, 1.165) is 10.8 Å². The molecule has 0 spiro atoms. The second kappa shape index (κ2) is 6.39. The maximum atomic E-state index is 12.2. The molecule has 3 rings (SSSR count). The van der Waals surface area contributed by atoms with E-state index in [9.17, 15) is 4.79 Å². The molecule has 0 heterocycles. The van der Waals surface area contributed by atoms with Gasteiger partial charge in [-0.1, -0.05) is 59.6 Å². The maximum Gasteiger partial charge on any atom is 0.338 e. The van der Waals surface area contributed by atoms with Gasteiger partial charge in [-0.2, -0.15) is 0 Å². The van der Waals surface area contributed by atoms with E-state index in [-0.39, 0.29) is 6.61 Å². The number of fused-ring (bicyclic) bond motifs is 1. The maximum absolute atomic E-state index is 12.2. The average molecular weight is 331 g/mol. The molecule has 4 heteroatoms. The van der Waals surface area contributed by atoms with E-state index in [1.807, 2.05) is 36.4 Å². The monoisotopic (exact) mass is 330 g/mol. The SMILES string of the molecule is O=C(OCc1c(Cl)cccc1Cl)c1ccc2ccccc2c1. The second-order valence-corrected chi connectivity index (χ2v) is 5.65. The third-order valence-corrected chi connectivity index (χ3v) is 4.10. The average Bonchev–Trinajstić information content (AvgIpc) is 2.53. The summed E-state index contributed by atoms with van der Waals surface area (Å²) < 4.78 is 5.32. The summed E-state index contributed by atoms with van der Waals surface area (Å²) in [5, 5.41) is 3.04. The molecular formula is C18H12Cl2O2. The van der Waals surface area contributed by atoms with Crippen molar-refractivity contribution in [3.8, 4) is 0 Å². The first-order valence-corrected chi connectivity index (χ1v) is 7.49. The summed E-state index contributed by atoms with van der Waals surface area (Å²) in [5.41, 5.74) is 1.11. The van der Waals surface area contributed by atoms with Crippen LogP contribution in [0.15, 0.2) is 60.7 Å². The number of carbonyl (C=O) groups is 1. The van der Waals surface area contributed by atoms with Gasteiger partial charge in [0.2, 0.25) is 0 Å². The summed E-state index contributed by atoms with van der Waals surface area (Å²) in [7, 11) is 0. The van der Waals surface area contributed by atoms with E-state index < -0.39 is 5.97 Å². The quantitative estimate of drug-likeness (QED) is 0.592. The smallest absolute Gasteiger partial charge is 0.338 e. The van der Waals surface area contributed by atoms with Crippen molar-refractivity contribution in [2.75, 3.05) is 0 Å². The first-order chi connectivity index (χ1) is 10.6. The van der Waals surface area contributed by atoms with Gasteiger partial charge in [-0.25, -0.2) is 4.79 Å². The van der Waals surface area contributed by atoms with E-state index in [1.165, 1.54) is 0 Å². The van der Waals surface area contributed by atoms with Crippen molar-refractivity contribution < 1.29 is 9.53 Å². The molecular weight excluding hydrogens is 319 g/mol. The molecule has 0 N–H and O–H groups in total. The molecule has 0 aliphatic rings. The van der Waals surface area contributed by atoms with Crippen molar-refractivity contribution in [2.24, 2.45) is 0 Å². The van der Waals surface area contributed by atoms with Crippen LogP contribution in [0.5, 0.6) is 0 Å². The molecule has 0 atom stereocenters. The molecule has 3 aromatic carbocycles. The Labute approximate surface area is 138 Å². The van der Waals surface area contributed by atoms with Crippen LogP contribution in [0.4, 0.5) is 0 Å². The van der Waals surface area contributed by atoms with Gasteiger partial charge in [0.15, 0.2) is 0 Å². The zero-order valence-corrected chi connectivity index (χ0v) is 13.1. The van der Waals surface area contributed by atoms with E-state index in [4.69, 9.17) is 27.9 Å². The van der Waals surface area contributed by atoms with Gasteiger partial charge in [-0.3, -0.25) is 0 Å². The molecule has 0 fully saturated rings. The Kier molecular flexibility index (Phi) is 4.32. The van der Waals surface area contributed by atoms with Gasteiger partial charge in [0, 0.05) is 15.6 Å². The number of ether oxygens (including phenoxy) is 1. The van der Waals surface area contributed by atoms with E-state index in [0.29, 0.717) is 21.2 Å². The zero-order chi connectivity index (χ0) is 15.5. The lowest BCUT2D eigenvalue weighted by atomic mass is 10.1. The van der Waals surface area contributed by atoms with Crippen molar-refractivity contribution in [1.82, 2.24) is 0 Å². The highest BCUT2D eigenvalue weighted by atomic mass is 35.5. The van der Waals surface area contributed by atoms with Crippen LogP contribution in [0.3, 0.4) is 0 Å². The highest BCUT2D eigenvalue weighted by molar-refractivity contribution is 6.35. The predicted molar refractivity (Wildman–Crippen MR) is 89.5 cm³/mol. The molecule has 22 heavy (non-hydrogen) atoms. The minimum atomic E-state index is -0.401. The largest absolute Gasteiger partial charge is 0.457 e. The van der Waals surface area contributed by atoms with Crippen LogP contribution in [-0.2, 0) is 11.3 Å². The van der Waals surface area contributed by atoms with E-state index in [1.54, 1.807) is 24.3 Å². The van der Waals surface area contributed by atoms with Gasteiger partial charge < -0.3 is 4.74 Å². The molecule has 2 nitrogen and oxygen atoms in total. The minimum absolute atomic E-state index is 0.0458. The predicted octanol–water partition coefficient (Wildman–Crippen LogP) is 5.50. The summed E-state index contributed by atoms with van der Waals surface area (Å²) in [6.45, 7) is 0.0458. The van der Waals surface area contributed by atoms with Gasteiger partial charge in [0.25, 0.3) is 0 Å². The number of benzene rings is 3. The van der Waals surface area contributed by atoms with Crippen LogP contribution in [0, 0.1) is 0 Å². The number of esters is 1. The minimum Gasteiger partial charge on any atom is -0.457 e. The van der Waals surface area contributed by atoms with Gasteiger partial charge in [0.1, 0.15) is 6.61 Å². The van der Waals surface area contributed by atoms with E-state index >= 15 is 0 Å². The molecule has 0 saturated carbocycles. The lowest BCUT2D eigenvalue weighted by molar-refractivity contribution is 0.0473. The van der Waals surface area contributed by atoms with Crippen molar-refractivity contribution in [3.05, 3.63) is 81.8 Å². The first-order valence-electron chi connectivity index (χ1n) is 6.74. The first kappa shape index (κ1) is 14.9. The number of hydrogen-bond acceptors (Lipinski definition) is 2. The van der Waals surface area contributed by atoms with Crippen LogP contribution in [0.2, 0.25) is 10.0 Å². The number of carbonyl (C=O) groups excluding carboxylic acids is 1. The van der Waals surface area contributed by atoms with Crippen LogP contribution >= 0.6 is 23.2 Å². The van der Waals surface area contributed by atoms with Gasteiger partial charge >= 0.3 is 5.97 Å². The topological polar surface area (TPSA) is 26.3 Å². The normalized spacial score (nSPS) is 10.6. The van der Waals surface area contributed by atoms with Gasteiger partial charge in [-0.15, -0.1) is 0 Å². The van der Waals surface area contributed by atoms with Crippen LogP contribution < -0.4 is 0 Å². The highest BCUT2D eigenvalue weighted by Crippen LogP contribution is 2.25. The molecule has 0 radical (unpaired) electrons. The molecule has 0 bridgehead atoms. The standard InChI is InChI=1S/C18H12Cl2O2/c19-16-6-3-7-17(20)15(16)11-22-18(21)14-9-8-12-4-1-2-5-13(12)10-14/h1-10H,11H2. The zero-order valence-electron chi connectivity index (χ0n) is 11.6. The Balaban J connectivity index is 1.79. The second-order valence-electron chi connectivity index (χ2n) is 4.84. The van der Waals surface area contributed by atoms with Crippen molar-refractivity contribution in [1.29, 1.82) is 0 Å². The lowest BCUT2D eigenvalue weighted by Crippen LogP contribution is -2.05. The fourth-order valence-corrected chi connectivity index (χ4v) is 2.71. The molecule has 0 aromatic heterocycles. The van der Waals surface area contributed by atoms with E-state index in [2.05, 4.69) is 0 Å². The lowest BCUT2D eigenvalue weighted by Gasteiger charge is -2.09.